The number of carbonyl (C=O) groups excluding carboxylic acids is 1. The van der Waals surface area contributed by atoms with Crippen LogP contribution in [0.1, 0.15) is 45.2 Å². The highest BCUT2D eigenvalue weighted by molar-refractivity contribution is 8.26. The zero-order chi connectivity index (χ0) is 22.4. The number of aromatic nitrogens is 2. The summed E-state index contributed by atoms with van der Waals surface area (Å²) in [5, 5.41) is 0. The largest absolute Gasteiger partial charge is 0.355 e. The summed E-state index contributed by atoms with van der Waals surface area (Å²) in [7, 11) is 0. The van der Waals surface area contributed by atoms with Gasteiger partial charge in [0.25, 0.3) is 11.5 Å². The number of piperidine rings is 1. The number of thioether (sulfide) groups is 1. The Kier molecular flexibility index (Phi) is 5.96. The van der Waals surface area contributed by atoms with E-state index < -0.39 is 0 Å². The Morgan fingerprint density at radius 1 is 1.19 bits per heavy atom. The van der Waals surface area contributed by atoms with Crippen LogP contribution < -0.4 is 10.5 Å². The quantitative estimate of drug-likeness (QED) is 0.512. The van der Waals surface area contributed by atoms with Gasteiger partial charge in [0.2, 0.25) is 0 Å². The lowest BCUT2D eigenvalue weighted by molar-refractivity contribution is -0.123. The first-order chi connectivity index (χ1) is 14.7. The molecule has 2 saturated heterocycles. The van der Waals surface area contributed by atoms with Crippen molar-refractivity contribution in [1.82, 2.24) is 14.3 Å². The van der Waals surface area contributed by atoms with Crippen LogP contribution in [0.3, 0.4) is 0 Å². The number of hydrogen-bond donors (Lipinski definition) is 0. The molecule has 2 aromatic heterocycles. The lowest BCUT2D eigenvalue weighted by Gasteiger charge is -2.36. The molecule has 2 aromatic rings. The number of thiocarbonyl (C=S) groups is 1. The summed E-state index contributed by atoms with van der Waals surface area (Å²) in [6.45, 7) is 12.0. The van der Waals surface area contributed by atoms with Crippen molar-refractivity contribution < 1.29 is 4.79 Å². The fraction of sp³-hybridized carbons (Fsp3) is 0.478. The third kappa shape index (κ3) is 4.15. The van der Waals surface area contributed by atoms with E-state index in [9.17, 15) is 9.59 Å². The molecule has 2 fully saturated rings. The lowest BCUT2D eigenvalue weighted by Crippen LogP contribution is -2.40. The first-order valence-electron chi connectivity index (χ1n) is 10.7. The minimum Gasteiger partial charge on any atom is -0.355 e. The number of fused-ring (bicyclic) bond motifs is 1. The van der Waals surface area contributed by atoms with Gasteiger partial charge in [0.15, 0.2) is 0 Å². The number of aryl methyl sites for hydroxylation is 1. The maximum absolute atomic E-state index is 13.6. The van der Waals surface area contributed by atoms with Gasteiger partial charge in [-0.3, -0.25) is 18.9 Å². The van der Waals surface area contributed by atoms with E-state index >= 15 is 0 Å². The SMILES string of the molecule is Cc1ccc2nc(N3C[C@H](C)C[C@@H](C)C3)c(/C=C3/SC(=S)N(C(C)C)C3=O)c(=O)n2c1. The van der Waals surface area contributed by atoms with Crippen molar-refractivity contribution in [3.05, 3.63) is 44.7 Å². The van der Waals surface area contributed by atoms with E-state index in [1.165, 1.54) is 11.8 Å². The summed E-state index contributed by atoms with van der Waals surface area (Å²) >= 11 is 6.67. The smallest absolute Gasteiger partial charge is 0.267 e. The van der Waals surface area contributed by atoms with Crippen LogP contribution in [-0.4, -0.2) is 43.6 Å². The molecule has 0 N–H and O–H groups in total. The monoisotopic (exact) mass is 456 g/mol. The van der Waals surface area contributed by atoms with E-state index in [1.807, 2.05) is 32.9 Å². The molecular formula is C23H28N4O2S2. The van der Waals surface area contributed by atoms with E-state index in [1.54, 1.807) is 21.6 Å². The van der Waals surface area contributed by atoms with Gasteiger partial charge in [-0.15, -0.1) is 0 Å². The minimum atomic E-state index is -0.163. The van der Waals surface area contributed by atoms with Crippen LogP contribution in [0.4, 0.5) is 5.82 Å². The summed E-state index contributed by atoms with van der Waals surface area (Å²) in [4.78, 5) is 35.7. The zero-order valence-corrected chi connectivity index (χ0v) is 20.2. The van der Waals surface area contributed by atoms with Crippen LogP contribution in [0, 0.1) is 18.8 Å². The van der Waals surface area contributed by atoms with Crippen molar-refractivity contribution in [2.75, 3.05) is 18.0 Å². The van der Waals surface area contributed by atoms with Gasteiger partial charge in [-0.05, 0) is 56.7 Å². The summed E-state index contributed by atoms with van der Waals surface area (Å²) in [5.41, 5.74) is 1.88. The predicted octanol–water partition coefficient (Wildman–Crippen LogP) is 4.09. The van der Waals surface area contributed by atoms with Crippen molar-refractivity contribution in [2.45, 2.75) is 47.1 Å². The van der Waals surface area contributed by atoms with E-state index in [-0.39, 0.29) is 17.5 Å². The number of pyridine rings is 1. The van der Waals surface area contributed by atoms with Crippen LogP contribution in [-0.2, 0) is 4.79 Å². The molecule has 8 heteroatoms. The Balaban J connectivity index is 1.90. The molecule has 2 atom stereocenters. The standard InChI is InChI=1S/C23H28N4O2S2/c1-13(2)27-22(29)18(31-23(27)30)9-17-20(25-10-15(4)8-16(5)11-25)24-19-7-6-14(3)12-26(19)21(17)28/h6-7,9,12-13,15-16H,8,10-11H2,1-5H3/b18-9+/t15-,16-/m1/s1. The van der Waals surface area contributed by atoms with Gasteiger partial charge in [0.05, 0.1) is 10.5 Å². The average Bonchev–Trinajstić information content (AvgIpc) is 2.96. The zero-order valence-electron chi connectivity index (χ0n) is 18.6. The number of rotatable bonds is 3. The molecule has 4 rings (SSSR count). The van der Waals surface area contributed by atoms with Gasteiger partial charge >= 0.3 is 0 Å². The molecule has 2 aliphatic rings. The second kappa shape index (κ2) is 8.39. The molecule has 164 valence electrons. The molecule has 4 heterocycles. The van der Waals surface area contributed by atoms with Crippen molar-refractivity contribution in [3.8, 4) is 0 Å². The maximum Gasteiger partial charge on any atom is 0.267 e. The molecule has 0 bridgehead atoms. The molecule has 31 heavy (non-hydrogen) atoms. The molecule has 0 radical (unpaired) electrons. The third-order valence-electron chi connectivity index (χ3n) is 5.77. The Morgan fingerprint density at radius 3 is 2.48 bits per heavy atom. The molecular weight excluding hydrogens is 428 g/mol. The minimum absolute atomic E-state index is 0.0276. The Hall–Kier alpha value is -2.19. The summed E-state index contributed by atoms with van der Waals surface area (Å²) in [5.74, 6) is 1.52. The first kappa shape index (κ1) is 22.0. The van der Waals surface area contributed by atoms with E-state index in [2.05, 4.69) is 18.7 Å². The molecule has 6 nitrogen and oxygen atoms in total. The van der Waals surface area contributed by atoms with Gasteiger partial charge in [-0.25, -0.2) is 4.98 Å². The van der Waals surface area contributed by atoms with Crippen molar-refractivity contribution in [3.63, 3.8) is 0 Å². The van der Waals surface area contributed by atoms with Crippen LogP contribution in [0.15, 0.2) is 28.0 Å². The maximum atomic E-state index is 13.6. The highest BCUT2D eigenvalue weighted by Crippen LogP contribution is 2.35. The van der Waals surface area contributed by atoms with E-state index in [4.69, 9.17) is 17.2 Å². The number of nitrogens with zero attached hydrogens (tertiary/aromatic N) is 4. The second-order valence-electron chi connectivity index (χ2n) is 9.09. The highest BCUT2D eigenvalue weighted by atomic mass is 32.2. The normalized spacial score (nSPS) is 23.6. The van der Waals surface area contributed by atoms with Crippen molar-refractivity contribution in [1.29, 1.82) is 0 Å². The summed E-state index contributed by atoms with van der Waals surface area (Å²) < 4.78 is 2.10. The first-order valence-corrected chi connectivity index (χ1v) is 11.9. The van der Waals surface area contributed by atoms with Gasteiger partial charge in [0.1, 0.15) is 15.8 Å². The average molecular weight is 457 g/mol. The molecule has 0 aromatic carbocycles. The fourth-order valence-corrected chi connectivity index (χ4v) is 6.01. The van der Waals surface area contributed by atoms with Gasteiger partial charge in [-0.1, -0.05) is 43.9 Å². The van der Waals surface area contributed by atoms with Crippen LogP contribution in [0.25, 0.3) is 11.7 Å². The number of hydrogen-bond acceptors (Lipinski definition) is 6. The van der Waals surface area contributed by atoms with Crippen LogP contribution >= 0.6 is 24.0 Å². The molecule has 0 aliphatic carbocycles. The van der Waals surface area contributed by atoms with Gasteiger partial charge in [-0.2, -0.15) is 0 Å². The second-order valence-corrected chi connectivity index (χ2v) is 10.8. The summed E-state index contributed by atoms with van der Waals surface area (Å²) in [6, 6.07) is 3.81. The van der Waals surface area contributed by atoms with Crippen LogP contribution in [0.2, 0.25) is 0 Å². The number of carbonyl (C=O) groups is 1. The third-order valence-corrected chi connectivity index (χ3v) is 7.10. The van der Waals surface area contributed by atoms with Crippen molar-refractivity contribution >= 4 is 51.7 Å². The molecule has 2 aliphatic heterocycles. The van der Waals surface area contributed by atoms with E-state index in [0.717, 1.165) is 25.1 Å². The van der Waals surface area contributed by atoms with Gasteiger partial charge < -0.3 is 4.90 Å². The Labute approximate surface area is 192 Å². The molecule has 1 amide bonds. The topological polar surface area (TPSA) is 57.9 Å². The van der Waals surface area contributed by atoms with E-state index in [0.29, 0.717) is 38.1 Å². The molecule has 0 saturated carbocycles. The van der Waals surface area contributed by atoms with Gasteiger partial charge in [0, 0.05) is 25.3 Å². The van der Waals surface area contributed by atoms with Crippen molar-refractivity contribution in [2.24, 2.45) is 11.8 Å². The Bertz CT molecular complexity index is 1140. The predicted molar refractivity (Wildman–Crippen MR) is 132 cm³/mol. The summed E-state index contributed by atoms with van der Waals surface area (Å²) in [6.07, 6.45) is 4.66. The number of amides is 1. The Morgan fingerprint density at radius 2 is 1.87 bits per heavy atom. The number of anilines is 1. The lowest BCUT2D eigenvalue weighted by atomic mass is 9.91. The highest BCUT2D eigenvalue weighted by Gasteiger charge is 2.35. The van der Waals surface area contributed by atoms with Crippen LogP contribution in [0.5, 0.6) is 0 Å². The molecule has 0 spiro atoms. The molecule has 0 unspecified atom stereocenters. The fourth-order valence-electron chi connectivity index (χ4n) is 4.51.